The molecule has 0 unspecified atom stereocenters. The molecule has 0 aromatic carbocycles. The number of rotatable bonds is 0. The fourth-order valence-electron chi connectivity index (χ4n) is 1.29. The summed E-state index contributed by atoms with van der Waals surface area (Å²) in [6.45, 7) is 0.950. The van der Waals surface area contributed by atoms with Crippen LogP contribution in [0.15, 0.2) is 23.7 Å². The van der Waals surface area contributed by atoms with Gasteiger partial charge in [0.15, 0.2) is 6.61 Å². The Balaban J connectivity index is 2.30. The van der Waals surface area contributed by atoms with Crippen LogP contribution in [0.1, 0.15) is 0 Å². The number of hydrogen-bond donors (Lipinski definition) is 1. The van der Waals surface area contributed by atoms with Crippen LogP contribution in [0.4, 0.5) is 0 Å². The molecule has 0 aromatic rings. The molecule has 2 heterocycles. The van der Waals surface area contributed by atoms with Gasteiger partial charge in [0.2, 0.25) is 5.88 Å². The third kappa shape index (κ3) is 1.05. The van der Waals surface area contributed by atoms with Crippen molar-refractivity contribution >= 4 is 5.91 Å². The molecule has 64 valence electrons. The quantitative estimate of drug-likeness (QED) is 0.542. The summed E-state index contributed by atoms with van der Waals surface area (Å²) in [5.41, 5.74) is 0.764. The van der Waals surface area contributed by atoms with Crippen molar-refractivity contribution in [2.45, 2.75) is 0 Å². The van der Waals surface area contributed by atoms with Crippen LogP contribution in [-0.4, -0.2) is 31.0 Å². The second-order valence-electron chi connectivity index (χ2n) is 2.84. The lowest BCUT2D eigenvalue weighted by molar-refractivity contribution is -0.126. The summed E-state index contributed by atoms with van der Waals surface area (Å²) < 4.78 is 5.25. The average molecular weight is 166 g/mol. The largest absolute Gasteiger partial charge is 0.467 e. The van der Waals surface area contributed by atoms with Crippen molar-refractivity contribution in [3.8, 4) is 0 Å². The number of amides is 1. The zero-order valence-electron chi connectivity index (χ0n) is 6.83. The number of hydrogen-bond acceptors (Lipinski definition) is 3. The van der Waals surface area contributed by atoms with Crippen LogP contribution in [0.2, 0.25) is 0 Å². The van der Waals surface area contributed by atoms with E-state index in [0.29, 0.717) is 0 Å². The molecular formula is C8H10N2O2. The number of carbonyl (C=O) groups excluding carboxylic acids is 1. The molecule has 0 saturated heterocycles. The summed E-state index contributed by atoms with van der Waals surface area (Å²) in [7, 11) is 1.93. The van der Waals surface area contributed by atoms with E-state index in [-0.39, 0.29) is 12.5 Å². The summed E-state index contributed by atoms with van der Waals surface area (Å²) >= 11 is 0. The molecule has 0 aromatic heterocycles. The summed E-state index contributed by atoms with van der Waals surface area (Å²) in [6.07, 6.45) is 3.85. The Morgan fingerprint density at radius 3 is 3.33 bits per heavy atom. The molecule has 2 aliphatic heterocycles. The summed E-state index contributed by atoms with van der Waals surface area (Å²) in [4.78, 5) is 12.9. The van der Waals surface area contributed by atoms with Gasteiger partial charge in [-0.1, -0.05) is 6.08 Å². The Labute approximate surface area is 70.5 Å². The lowest BCUT2D eigenvalue weighted by atomic mass is 10.2. The van der Waals surface area contributed by atoms with Crippen LogP contribution in [0, 0.1) is 0 Å². The van der Waals surface area contributed by atoms with Crippen LogP contribution < -0.4 is 5.32 Å². The molecule has 1 N–H and O–H groups in total. The summed E-state index contributed by atoms with van der Waals surface area (Å²) in [5.74, 6) is 0.672. The van der Waals surface area contributed by atoms with E-state index in [2.05, 4.69) is 5.32 Å². The van der Waals surface area contributed by atoms with Crippen LogP contribution in [0.25, 0.3) is 0 Å². The topological polar surface area (TPSA) is 41.6 Å². The molecule has 12 heavy (non-hydrogen) atoms. The first-order valence-corrected chi connectivity index (χ1v) is 3.82. The lowest BCUT2D eigenvalue weighted by Crippen LogP contribution is -2.38. The smallest absolute Gasteiger partial charge is 0.262 e. The molecule has 0 spiro atoms. The Morgan fingerprint density at radius 1 is 1.67 bits per heavy atom. The van der Waals surface area contributed by atoms with Crippen LogP contribution in [0.5, 0.6) is 0 Å². The van der Waals surface area contributed by atoms with Gasteiger partial charge in [-0.05, 0) is 6.08 Å². The predicted octanol–water partition coefficient (Wildman–Crippen LogP) is -0.197. The van der Waals surface area contributed by atoms with Crippen LogP contribution in [-0.2, 0) is 9.53 Å². The number of nitrogens with zero attached hydrogens (tertiary/aromatic N) is 1. The van der Waals surface area contributed by atoms with Crippen molar-refractivity contribution in [3.05, 3.63) is 23.7 Å². The SMILES string of the molecule is CN1CC=CC2=C1OCC(=O)N2. The van der Waals surface area contributed by atoms with Crippen molar-refractivity contribution < 1.29 is 9.53 Å². The highest BCUT2D eigenvalue weighted by molar-refractivity contribution is 5.80. The maximum absolute atomic E-state index is 10.9. The monoisotopic (exact) mass is 166 g/mol. The van der Waals surface area contributed by atoms with Gasteiger partial charge in [0, 0.05) is 13.6 Å². The molecule has 1 amide bonds. The first kappa shape index (κ1) is 7.21. The molecule has 2 rings (SSSR count). The van der Waals surface area contributed by atoms with Gasteiger partial charge in [0.05, 0.1) is 0 Å². The third-order valence-electron chi connectivity index (χ3n) is 1.85. The van der Waals surface area contributed by atoms with Gasteiger partial charge in [-0.2, -0.15) is 0 Å². The minimum absolute atomic E-state index is 0.0892. The molecule has 2 aliphatic rings. The van der Waals surface area contributed by atoms with E-state index < -0.39 is 0 Å². The predicted molar refractivity (Wildman–Crippen MR) is 42.9 cm³/mol. The molecule has 4 nitrogen and oxygen atoms in total. The van der Waals surface area contributed by atoms with Crippen LogP contribution >= 0.6 is 0 Å². The summed E-state index contributed by atoms with van der Waals surface area (Å²) in [5, 5.41) is 2.74. The van der Waals surface area contributed by atoms with E-state index in [4.69, 9.17) is 4.74 Å². The Kier molecular flexibility index (Phi) is 1.53. The zero-order chi connectivity index (χ0) is 8.55. The first-order chi connectivity index (χ1) is 5.77. The molecule has 0 aliphatic carbocycles. The van der Waals surface area contributed by atoms with E-state index in [1.807, 2.05) is 24.1 Å². The Morgan fingerprint density at radius 2 is 2.50 bits per heavy atom. The number of nitrogens with one attached hydrogen (secondary N) is 1. The van der Waals surface area contributed by atoms with Crippen molar-refractivity contribution in [1.29, 1.82) is 0 Å². The highest BCUT2D eigenvalue weighted by atomic mass is 16.5. The Hall–Kier alpha value is -1.45. The minimum Gasteiger partial charge on any atom is -0.467 e. The van der Waals surface area contributed by atoms with E-state index in [1.165, 1.54) is 0 Å². The molecule has 0 atom stereocenters. The number of allylic oxidation sites excluding steroid dienone is 1. The number of ether oxygens (including phenoxy) is 1. The van der Waals surface area contributed by atoms with Crippen molar-refractivity contribution in [1.82, 2.24) is 10.2 Å². The van der Waals surface area contributed by atoms with Crippen molar-refractivity contribution in [2.75, 3.05) is 20.2 Å². The second kappa shape index (κ2) is 2.55. The van der Waals surface area contributed by atoms with Gasteiger partial charge < -0.3 is 15.0 Å². The molecule has 0 saturated carbocycles. The molecule has 0 bridgehead atoms. The van der Waals surface area contributed by atoms with Gasteiger partial charge in [-0.15, -0.1) is 0 Å². The Bertz CT molecular complexity index is 281. The minimum atomic E-state index is -0.0892. The van der Waals surface area contributed by atoms with Gasteiger partial charge in [0.25, 0.3) is 5.91 Å². The maximum atomic E-state index is 10.9. The van der Waals surface area contributed by atoms with Gasteiger partial charge in [-0.25, -0.2) is 0 Å². The molecule has 0 fully saturated rings. The van der Waals surface area contributed by atoms with Crippen LogP contribution in [0.3, 0.4) is 0 Å². The second-order valence-corrected chi connectivity index (χ2v) is 2.84. The maximum Gasteiger partial charge on any atom is 0.262 e. The first-order valence-electron chi connectivity index (χ1n) is 3.82. The van der Waals surface area contributed by atoms with Crippen molar-refractivity contribution in [3.63, 3.8) is 0 Å². The fraction of sp³-hybridized carbons (Fsp3) is 0.375. The van der Waals surface area contributed by atoms with Gasteiger partial charge in [-0.3, -0.25) is 4.79 Å². The average Bonchev–Trinajstić information content (AvgIpc) is 2.04. The number of likely N-dealkylation sites (N-methyl/N-ethyl adjacent to an activating group) is 1. The summed E-state index contributed by atoms with van der Waals surface area (Å²) in [6, 6.07) is 0. The highest BCUT2D eigenvalue weighted by Gasteiger charge is 2.21. The zero-order valence-corrected chi connectivity index (χ0v) is 6.83. The number of carbonyl (C=O) groups is 1. The van der Waals surface area contributed by atoms with E-state index in [9.17, 15) is 4.79 Å². The molecular weight excluding hydrogens is 156 g/mol. The van der Waals surface area contributed by atoms with E-state index >= 15 is 0 Å². The van der Waals surface area contributed by atoms with Gasteiger partial charge >= 0.3 is 0 Å². The van der Waals surface area contributed by atoms with E-state index in [1.54, 1.807) is 0 Å². The third-order valence-corrected chi connectivity index (χ3v) is 1.85. The fourth-order valence-corrected chi connectivity index (χ4v) is 1.29. The van der Waals surface area contributed by atoms with E-state index in [0.717, 1.165) is 18.1 Å². The normalized spacial score (nSPS) is 21.8. The molecule has 4 heteroatoms. The molecule has 0 radical (unpaired) electrons. The van der Waals surface area contributed by atoms with Crippen molar-refractivity contribution in [2.24, 2.45) is 0 Å². The lowest BCUT2D eigenvalue weighted by Gasteiger charge is -2.29. The van der Waals surface area contributed by atoms with Gasteiger partial charge in [0.1, 0.15) is 5.70 Å². The highest BCUT2D eigenvalue weighted by Crippen LogP contribution is 2.16. The standard InChI is InChI=1S/C8H10N2O2/c1-10-4-2-3-6-8(10)12-5-7(11)9-6/h2-3H,4-5H2,1H3,(H,9,11).